The number of nitrogens with one attached hydrogen (secondary N) is 1. The third kappa shape index (κ3) is 5.28. The van der Waals surface area contributed by atoms with Crippen LogP contribution in [0.15, 0.2) is 28.4 Å². The second-order valence-electron chi connectivity index (χ2n) is 4.96. The van der Waals surface area contributed by atoms with Gasteiger partial charge in [0.2, 0.25) is 5.91 Å². The van der Waals surface area contributed by atoms with E-state index in [0.717, 1.165) is 17.7 Å². The van der Waals surface area contributed by atoms with Crippen LogP contribution in [0.25, 0.3) is 0 Å². The molecule has 2 rings (SSSR count). The van der Waals surface area contributed by atoms with E-state index in [9.17, 15) is 4.79 Å². The SMILES string of the molecule is CCOc1cc(C=NN=C2NC(=O)CS2)ccc1OC(C)CC. The summed E-state index contributed by atoms with van der Waals surface area (Å²) in [5.74, 6) is 1.76. The first-order chi connectivity index (χ1) is 11.1. The molecule has 6 nitrogen and oxygen atoms in total. The van der Waals surface area contributed by atoms with Crippen molar-refractivity contribution in [2.24, 2.45) is 10.2 Å². The Bertz CT molecular complexity index is 617. The van der Waals surface area contributed by atoms with Crippen LogP contribution in [-0.2, 0) is 4.79 Å². The lowest BCUT2D eigenvalue weighted by Gasteiger charge is -2.16. The number of ether oxygens (including phenoxy) is 2. The lowest BCUT2D eigenvalue weighted by Crippen LogP contribution is -2.19. The predicted octanol–water partition coefficient (Wildman–Crippen LogP) is 2.82. The van der Waals surface area contributed by atoms with Gasteiger partial charge in [-0.1, -0.05) is 18.7 Å². The van der Waals surface area contributed by atoms with E-state index in [-0.39, 0.29) is 12.0 Å². The number of amidine groups is 1. The van der Waals surface area contributed by atoms with Gasteiger partial charge >= 0.3 is 0 Å². The summed E-state index contributed by atoms with van der Waals surface area (Å²) < 4.78 is 11.5. The Morgan fingerprint density at radius 1 is 1.39 bits per heavy atom. The van der Waals surface area contributed by atoms with Crippen LogP contribution in [0.3, 0.4) is 0 Å². The normalized spacial score (nSPS) is 17.5. The summed E-state index contributed by atoms with van der Waals surface area (Å²) in [4.78, 5) is 11.1. The maximum absolute atomic E-state index is 11.1. The Morgan fingerprint density at radius 2 is 2.22 bits per heavy atom. The molecule has 1 heterocycles. The van der Waals surface area contributed by atoms with Gasteiger partial charge in [-0.2, -0.15) is 5.10 Å². The summed E-state index contributed by atoms with van der Waals surface area (Å²) in [7, 11) is 0. The Hall–Kier alpha value is -2.02. The molecule has 0 aliphatic carbocycles. The predicted molar refractivity (Wildman–Crippen MR) is 93.6 cm³/mol. The van der Waals surface area contributed by atoms with Gasteiger partial charge in [0, 0.05) is 0 Å². The van der Waals surface area contributed by atoms with E-state index in [1.165, 1.54) is 11.8 Å². The summed E-state index contributed by atoms with van der Waals surface area (Å²) in [5.41, 5.74) is 0.851. The number of benzene rings is 1. The van der Waals surface area contributed by atoms with Gasteiger partial charge in [0.1, 0.15) is 0 Å². The summed E-state index contributed by atoms with van der Waals surface area (Å²) >= 11 is 1.34. The van der Waals surface area contributed by atoms with E-state index in [1.54, 1.807) is 6.21 Å². The molecular weight excluding hydrogens is 314 g/mol. The van der Waals surface area contributed by atoms with Crippen LogP contribution in [0, 0.1) is 0 Å². The standard InChI is InChI=1S/C16H21N3O3S/c1-4-11(3)22-13-7-6-12(8-14(13)21-5-2)9-17-19-16-18-15(20)10-23-16/h6-9,11H,4-5,10H2,1-3H3,(H,18,19,20). The number of hydrogen-bond donors (Lipinski definition) is 1. The highest BCUT2D eigenvalue weighted by atomic mass is 32.2. The maximum atomic E-state index is 11.1. The van der Waals surface area contributed by atoms with Crippen molar-refractivity contribution in [3.8, 4) is 11.5 Å². The van der Waals surface area contributed by atoms with Crippen LogP contribution in [0.5, 0.6) is 11.5 Å². The van der Waals surface area contributed by atoms with Crippen LogP contribution in [-0.4, -0.2) is 35.8 Å². The fourth-order valence-electron chi connectivity index (χ4n) is 1.80. The third-order valence-corrected chi connectivity index (χ3v) is 3.98. The molecule has 0 spiro atoms. The monoisotopic (exact) mass is 335 g/mol. The van der Waals surface area contributed by atoms with Gasteiger partial charge in [-0.3, -0.25) is 4.79 Å². The first-order valence-corrected chi connectivity index (χ1v) is 8.58. The second-order valence-corrected chi connectivity index (χ2v) is 5.93. The van der Waals surface area contributed by atoms with Crippen molar-refractivity contribution in [1.29, 1.82) is 0 Å². The molecule has 0 bridgehead atoms. The Labute approximate surface area is 140 Å². The number of nitrogens with zero attached hydrogens (tertiary/aromatic N) is 2. The molecule has 1 fully saturated rings. The summed E-state index contributed by atoms with van der Waals surface area (Å²) in [5, 5.41) is 11.1. The molecule has 23 heavy (non-hydrogen) atoms. The molecule has 1 N–H and O–H groups in total. The molecule has 1 unspecified atom stereocenters. The van der Waals surface area contributed by atoms with Crippen LogP contribution in [0.2, 0.25) is 0 Å². The van der Waals surface area contributed by atoms with Gasteiger partial charge in [0.25, 0.3) is 0 Å². The zero-order valence-electron chi connectivity index (χ0n) is 13.5. The lowest BCUT2D eigenvalue weighted by molar-refractivity contribution is -0.116. The van der Waals surface area contributed by atoms with E-state index < -0.39 is 0 Å². The van der Waals surface area contributed by atoms with Crippen LogP contribution in [0.4, 0.5) is 0 Å². The molecule has 1 aromatic carbocycles. The number of rotatable bonds is 7. The van der Waals surface area contributed by atoms with Crippen LogP contribution < -0.4 is 14.8 Å². The molecule has 1 amide bonds. The zero-order valence-corrected chi connectivity index (χ0v) is 14.4. The summed E-state index contributed by atoms with van der Waals surface area (Å²) in [6.07, 6.45) is 2.67. The zero-order chi connectivity index (χ0) is 16.7. The van der Waals surface area contributed by atoms with Gasteiger partial charge in [-0.05, 0) is 44.0 Å². The first kappa shape index (κ1) is 17.3. The van der Waals surface area contributed by atoms with Gasteiger partial charge in [0.05, 0.1) is 24.7 Å². The molecule has 1 saturated heterocycles. The highest BCUT2D eigenvalue weighted by molar-refractivity contribution is 8.15. The number of carbonyl (C=O) groups excluding carboxylic acids is 1. The Kier molecular flexibility index (Phi) is 6.46. The van der Waals surface area contributed by atoms with Crippen molar-refractivity contribution in [3.63, 3.8) is 0 Å². The van der Waals surface area contributed by atoms with Crippen molar-refractivity contribution >= 4 is 29.1 Å². The molecule has 1 atom stereocenters. The molecule has 0 radical (unpaired) electrons. The van der Waals surface area contributed by atoms with E-state index in [0.29, 0.717) is 23.3 Å². The minimum atomic E-state index is -0.0471. The van der Waals surface area contributed by atoms with Crippen LogP contribution >= 0.6 is 11.8 Å². The highest BCUT2D eigenvalue weighted by Crippen LogP contribution is 2.29. The molecule has 124 valence electrons. The molecular formula is C16H21N3O3S. The summed E-state index contributed by atoms with van der Waals surface area (Å²) in [6, 6.07) is 5.63. The molecule has 1 aliphatic rings. The molecule has 0 saturated carbocycles. The number of carbonyl (C=O) groups is 1. The fraction of sp³-hybridized carbons (Fsp3) is 0.438. The number of amides is 1. The van der Waals surface area contributed by atoms with Gasteiger partial charge < -0.3 is 14.8 Å². The fourth-order valence-corrected chi connectivity index (χ4v) is 2.43. The Balaban J connectivity index is 2.10. The van der Waals surface area contributed by atoms with Crippen molar-refractivity contribution in [1.82, 2.24) is 5.32 Å². The Morgan fingerprint density at radius 3 is 2.87 bits per heavy atom. The van der Waals surface area contributed by atoms with E-state index in [4.69, 9.17) is 9.47 Å². The lowest BCUT2D eigenvalue weighted by atomic mass is 10.2. The van der Waals surface area contributed by atoms with E-state index in [1.807, 2.05) is 32.0 Å². The molecule has 1 aromatic rings. The first-order valence-electron chi connectivity index (χ1n) is 7.59. The minimum Gasteiger partial charge on any atom is -0.490 e. The average molecular weight is 335 g/mol. The van der Waals surface area contributed by atoms with E-state index >= 15 is 0 Å². The second kappa shape index (κ2) is 8.57. The number of thioether (sulfide) groups is 1. The molecule has 7 heteroatoms. The molecule has 1 aliphatic heterocycles. The van der Waals surface area contributed by atoms with Crippen molar-refractivity contribution < 1.29 is 14.3 Å². The third-order valence-electron chi connectivity index (χ3n) is 3.11. The summed E-state index contributed by atoms with van der Waals surface area (Å²) in [6.45, 7) is 6.59. The molecule has 0 aromatic heterocycles. The van der Waals surface area contributed by atoms with Crippen molar-refractivity contribution in [3.05, 3.63) is 23.8 Å². The number of hydrogen-bond acceptors (Lipinski definition) is 6. The van der Waals surface area contributed by atoms with Gasteiger partial charge in [0.15, 0.2) is 16.7 Å². The highest BCUT2D eigenvalue weighted by Gasteiger charge is 2.16. The minimum absolute atomic E-state index is 0.0471. The van der Waals surface area contributed by atoms with Crippen LogP contribution in [0.1, 0.15) is 32.8 Å². The average Bonchev–Trinajstić information content (AvgIpc) is 2.95. The van der Waals surface area contributed by atoms with Gasteiger partial charge in [-0.15, -0.1) is 5.10 Å². The van der Waals surface area contributed by atoms with E-state index in [2.05, 4.69) is 22.4 Å². The smallest absolute Gasteiger partial charge is 0.236 e. The largest absolute Gasteiger partial charge is 0.490 e. The van der Waals surface area contributed by atoms with Crippen molar-refractivity contribution in [2.75, 3.05) is 12.4 Å². The topological polar surface area (TPSA) is 72.3 Å². The van der Waals surface area contributed by atoms with Gasteiger partial charge in [-0.25, -0.2) is 0 Å². The quantitative estimate of drug-likeness (QED) is 0.614. The van der Waals surface area contributed by atoms with Crippen molar-refractivity contribution in [2.45, 2.75) is 33.3 Å². The maximum Gasteiger partial charge on any atom is 0.236 e.